The van der Waals surface area contributed by atoms with Gasteiger partial charge in [0.2, 0.25) is 0 Å². The van der Waals surface area contributed by atoms with Crippen molar-refractivity contribution in [1.29, 1.82) is 0 Å². The van der Waals surface area contributed by atoms with Crippen LogP contribution in [0.5, 0.6) is 0 Å². The van der Waals surface area contributed by atoms with Crippen LogP contribution in [0.3, 0.4) is 0 Å². The highest BCUT2D eigenvalue weighted by Crippen LogP contribution is 2.18. The minimum absolute atomic E-state index is 0.123. The van der Waals surface area contributed by atoms with Crippen LogP contribution in [0.25, 0.3) is 11.3 Å². The van der Waals surface area contributed by atoms with Crippen molar-refractivity contribution in [2.45, 2.75) is 0 Å². The van der Waals surface area contributed by atoms with Gasteiger partial charge in [0.15, 0.2) is 5.78 Å². The van der Waals surface area contributed by atoms with Crippen molar-refractivity contribution >= 4 is 5.78 Å². The number of hydrogen-bond donors (Lipinski definition) is 0. The summed E-state index contributed by atoms with van der Waals surface area (Å²) in [5.74, 6) is -0.473. The molecule has 2 nitrogen and oxygen atoms in total. The average Bonchev–Trinajstić information content (AvgIpc) is 2.56. The van der Waals surface area contributed by atoms with Gasteiger partial charge in [-0.1, -0.05) is 30.3 Å². The number of pyridine rings is 1. The summed E-state index contributed by atoms with van der Waals surface area (Å²) in [4.78, 5) is 16.5. The summed E-state index contributed by atoms with van der Waals surface area (Å²) in [6, 6.07) is 18.5. The fourth-order valence-corrected chi connectivity index (χ4v) is 2.09. The lowest BCUT2D eigenvalue weighted by molar-refractivity contribution is 0.103. The Morgan fingerprint density at radius 1 is 0.810 bits per heavy atom. The molecule has 3 rings (SSSR count). The Balaban J connectivity index is 1.87. The van der Waals surface area contributed by atoms with Crippen LogP contribution in [0.15, 0.2) is 72.9 Å². The first-order valence-corrected chi connectivity index (χ1v) is 6.56. The standard InChI is InChI=1S/C18H12FNO/c19-16-10-8-15(9-11-16)18(21)14-6-4-13(5-7-14)17-3-1-2-12-20-17/h1-12H. The Hall–Kier alpha value is -2.81. The molecule has 0 spiro atoms. The number of ketones is 1. The number of carbonyl (C=O) groups excluding carboxylic acids is 1. The lowest BCUT2D eigenvalue weighted by Gasteiger charge is -2.04. The van der Waals surface area contributed by atoms with Gasteiger partial charge in [-0.2, -0.15) is 0 Å². The molecule has 3 aromatic rings. The molecule has 0 aliphatic heterocycles. The fourth-order valence-electron chi connectivity index (χ4n) is 2.09. The van der Waals surface area contributed by atoms with Crippen LogP contribution in [0.1, 0.15) is 15.9 Å². The molecule has 0 aliphatic rings. The summed E-state index contributed by atoms with van der Waals surface area (Å²) in [7, 11) is 0. The smallest absolute Gasteiger partial charge is 0.193 e. The van der Waals surface area contributed by atoms with Crippen molar-refractivity contribution in [1.82, 2.24) is 4.98 Å². The average molecular weight is 277 g/mol. The summed E-state index contributed by atoms with van der Waals surface area (Å²) in [5.41, 5.74) is 2.85. The second kappa shape index (κ2) is 5.67. The van der Waals surface area contributed by atoms with Gasteiger partial charge in [-0.3, -0.25) is 9.78 Å². The third kappa shape index (κ3) is 2.87. The summed E-state index contributed by atoms with van der Waals surface area (Å²) in [5, 5.41) is 0. The van der Waals surface area contributed by atoms with E-state index in [2.05, 4.69) is 4.98 Å². The highest BCUT2D eigenvalue weighted by molar-refractivity contribution is 6.09. The number of aromatic nitrogens is 1. The zero-order valence-electron chi connectivity index (χ0n) is 11.2. The Morgan fingerprint density at radius 3 is 2.00 bits per heavy atom. The molecule has 3 heteroatoms. The van der Waals surface area contributed by atoms with Crippen molar-refractivity contribution in [2.75, 3.05) is 0 Å². The molecular weight excluding hydrogens is 265 g/mol. The number of benzene rings is 2. The Morgan fingerprint density at radius 2 is 1.43 bits per heavy atom. The van der Waals surface area contributed by atoms with Gasteiger partial charge >= 0.3 is 0 Å². The first-order chi connectivity index (χ1) is 10.2. The van der Waals surface area contributed by atoms with E-state index in [0.717, 1.165) is 11.3 Å². The molecular formula is C18H12FNO. The van der Waals surface area contributed by atoms with E-state index in [-0.39, 0.29) is 11.6 Å². The van der Waals surface area contributed by atoms with Gasteiger partial charge in [0.05, 0.1) is 5.69 Å². The van der Waals surface area contributed by atoms with Gasteiger partial charge in [-0.25, -0.2) is 4.39 Å². The molecule has 0 saturated carbocycles. The number of nitrogens with zero attached hydrogens (tertiary/aromatic N) is 1. The minimum Gasteiger partial charge on any atom is -0.289 e. The minimum atomic E-state index is -0.350. The van der Waals surface area contributed by atoms with E-state index < -0.39 is 0 Å². The summed E-state index contributed by atoms with van der Waals surface area (Å²) in [6.07, 6.45) is 1.73. The molecule has 0 amide bonds. The van der Waals surface area contributed by atoms with Crippen LogP contribution in [0.2, 0.25) is 0 Å². The topological polar surface area (TPSA) is 30.0 Å². The normalized spacial score (nSPS) is 10.3. The van der Waals surface area contributed by atoms with Crippen molar-refractivity contribution in [3.63, 3.8) is 0 Å². The van der Waals surface area contributed by atoms with Crippen molar-refractivity contribution in [3.05, 3.63) is 89.9 Å². The quantitative estimate of drug-likeness (QED) is 0.674. The van der Waals surface area contributed by atoms with E-state index in [1.165, 1.54) is 24.3 Å². The summed E-state index contributed by atoms with van der Waals surface area (Å²) >= 11 is 0. The van der Waals surface area contributed by atoms with E-state index in [1.54, 1.807) is 18.3 Å². The molecule has 0 saturated heterocycles. The van der Waals surface area contributed by atoms with Gasteiger partial charge in [0.25, 0.3) is 0 Å². The molecule has 0 radical (unpaired) electrons. The Bertz CT molecular complexity index is 749. The van der Waals surface area contributed by atoms with Crippen molar-refractivity contribution in [2.24, 2.45) is 0 Å². The molecule has 21 heavy (non-hydrogen) atoms. The fraction of sp³-hybridized carbons (Fsp3) is 0. The highest BCUT2D eigenvalue weighted by atomic mass is 19.1. The van der Waals surface area contributed by atoms with Crippen LogP contribution in [-0.4, -0.2) is 10.8 Å². The van der Waals surface area contributed by atoms with Crippen LogP contribution in [-0.2, 0) is 0 Å². The third-order valence-corrected chi connectivity index (χ3v) is 3.21. The number of carbonyl (C=O) groups is 1. The maximum atomic E-state index is 12.9. The zero-order valence-corrected chi connectivity index (χ0v) is 11.2. The summed E-state index contributed by atoms with van der Waals surface area (Å²) in [6.45, 7) is 0. The third-order valence-electron chi connectivity index (χ3n) is 3.21. The monoisotopic (exact) mass is 277 g/mol. The molecule has 0 bridgehead atoms. The zero-order chi connectivity index (χ0) is 14.7. The number of hydrogen-bond acceptors (Lipinski definition) is 2. The van der Waals surface area contributed by atoms with Gasteiger partial charge in [0, 0.05) is 22.9 Å². The van der Waals surface area contributed by atoms with Gasteiger partial charge < -0.3 is 0 Å². The molecule has 1 aromatic heterocycles. The second-order valence-corrected chi connectivity index (χ2v) is 4.63. The van der Waals surface area contributed by atoms with Gasteiger partial charge in [-0.15, -0.1) is 0 Å². The molecule has 2 aromatic carbocycles. The number of rotatable bonds is 3. The molecule has 0 atom stereocenters. The molecule has 0 N–H and O–H groups in total. The molecule has 0 aliphatic carbocycles. The van der Waals surface area contributed by atoms with Crippen molar-refractivity contribution in [3.8, 4) is 11.3 Å². The van der Waals surface area contributed by atoms with E-state index in [9.17, 15) is 9.18 Å². The Labute approximate surface area is 121 Å². The van der Waals surface area contributed by atoms with Crippen LogP contribution < -0.4 is 0 Å². The second-order valence-electron chi connectivity index (χ2n) is 4.63. The number of halogens is 1. The predicted molar refractivity (Wildman–Crippen MR) is 79.5 cm³/mol. The largest absolute Gasteiger partial charge is 0.289 e. The predicted octanol–water partition coefficient (Wildman–Crippen LogP) is 4.12. The molecule has 0 unspecified atom stereocenters. The first-order valence-electron chi connectivity index (χ1n) is 6.56. The van der Waals surface area contributed by atoms with Crippen LogP contribution in [0.4, 0.5) is 4.39 Å². The van der Waals surface area contributed by atoms with E-state index in [0.29, 0.717) is 11.1 Å². The van der Waals surface area contributed by atoms with Gasteiger partial charge in [0.1, 0.15) is 5.82 Å². The molecule has 0 fully saturated rings. The van der Waals surface area contributed by atoms with E-state index in [1.807, 2.05) is 30.3 Å². The maximum absolute atomic E-state index is 12.9. The highest BCUT2D eigenvalue weighted by Gasteiger charge is 2.09. The molecule has 102 valence electrons. The van der Waals surface area contributed by atoms with E-state index >= 15 is 0 Å². The lowest BCUT2D eigenvalue weighted by Crippen LogP contribution is -2.01. The molecule has 1 heterocycles. The Kier molecular flexibility index (Phi) is 3.56. The SMILES string of the molecule is O=C(c1ccc(F)cc1)c1ccc(-c2ccccn2)cc1. The van der Waals surface area contributed by atoms with Crippen LogP contribution >= 0.6 is 0 Å². The van der Waals surface area contributed by atoms with Crippen LogP contribution in [0, 0.1) is 5.82 Å². The lowest BCUT2D eigenvalue weighted by atomic mass is 10.0. The maximum Gasteiger partial charge on any atom is 0.193 e. The first kappa shape index (κ1) is 13.2. The van der Waals surface area contributed by atoms with Crippen molar-refractivity contribution < 1.29 is 9.18 Å². The van der Waals surface area contributed by atoms with Gasteiger partial charge in [-0.05, 0) is 36.4 Å². The summed E-state index contributed by atoms with van der Waals surface area (Å²) < 4.78 is 12.9. The van der Waals surface area contributed by atoms with E-state index in [4.69, 9.17) is 0 Å².